The van der Waals surface area contributed by atoms with Crippen molar-refractivity contribution < 1.29 is 23.5 Å². The number of aliphatic hydroxyl groups is 1. The first kappa shape index (κ1) is 37.2. The van der Waals surface area contributed by atoms with Gasteiger partial charge in [-0.15, -0.1) is 0 Å². The first-order valence-corrected chi connectivity index (χ1v) is 17.2. The molecule has 2 unspecified atom stereocenters. The third kappa shape index (κ3) is 32.3. The van der Waals surface area contributed by atoms with Gasteiger partial charge in [-0.2, -0.15) is 0 Å². The molecule has 0 radical (unpaired) electrons. The summed E-state index contributed by atoms with van der Waals surface area (Å²) < 4.78 is 11.8. The zero-order chi connectivity index (χ0) is 27.5. The first-order chi connectivity index (χ1) is 17.8. The van der Waals surface area contributed by atoms with Gasteiger partial charge in [-0.3, -0.25) is 0 Å². The molecule has 0 aromatic rings. The lowest BCUT2D eigenvalue weighted by Gasteiger charge is -2.23. The second-order valence-corrected chi connectivity index (χ2v) is 13.2. The Morgan fingerprint density at radius 3 is 1.41 bits per heavy atom. The van der Waals surface area contributed by atoms with Crippen molar-refractivity contribution in [3.8, 4) is 0 Å². The van der Waals surface area contributed by atoms with Crippen LogP contribution >= 0.6 is 8.60 Å². The van der Waals surface area contributed by atoms with Gasteiger partial charge in [0.15, 0.2) is 0 Å². The molecule has 0 heterocycles. The lowest BCUT2D eigenvalue weighted by Crippen LogP contribution is -2.35. The molecule has 0 aliphatic rings. The lowest BCUT2D eigenvalue weighted by atomic mass is 10.0. The topological polar surface area (TPSA) is 58.9 Å². The van der Waals surface area contributed by atoms with Gasteiger partial charge in [0.05, 0.1) is 47.0 Å². The molecular formula is C31H67NO4P+. The average molecular weight is 549 g/mol. The molecule has 37 heavy (non-hydrogen) atoms. The highest BCUT2D eigenvalue weighted by atomic mass is 31.2. The highest BCUT2D eigenvalue weighted by Gasteiger charge is 2.09. The fourth-order valence-corrected chi connectivity index (χ4v) is 5.40. The summed E-state index contributed by atoms with van der Waals surface area (Å²) in [5, 5.41) is 10.2. The summed E-state index contributed by atoms with van der Waals surface area (Å²) in [5.41, 5.74) is 0. The van der Waals surface area contributed by atoms with Gasteiger partial charge in [-0.1, -0.05) is 116 Å². The highest BCUT2D eigenvalue weighted by Crippen LogP contribution is 2.33. The first-order valence-electron chi connectivity index (χ1n) is 16.1. The Hall–Kier alpha value is 0.230. The summed E-state index contributed by atoms with van der Waals surface area (Å²) in [4.78, 5) is 9.84. The third-order valence-electron chi connectivity index (χ3n) is 7.20. The molecule has 2 atom stereocenters. The fourth-order valence-electron chi connectivity index (χ4n) is 4.76. The molecule has 6 heteroatoms. The van der Waals surface area contributed by atoms with Crippen LogP contribution in [0.25, 0.3) is 0 Å². The van der Waals surface area contributed by atoms with Crippen molar-refractivity contribution >= 4 is 8.60 Å². The van der Waals surface area contributed by atoms with Crippen molar-refractivity contribution in [3.63, 3.8) is 0 Å². The smallest absolute Gasteiger partial charge is 0.329 e. The molecule has 0 rings (SSSR count). The Labute approximate surface area is 233 Å². The summed E-state index contributed by atoms with van der Waals surface area (Å²) >= 11 is 0. The van der Waals surface area contributed by atoms with Gasteiger partial charge in [0.2, 0.25) is 0 Å². The third-order valence-corrected chi connectivity index (χ3v) is 8.01. The molecule has 0 bridgehead atoms. The summed E-state index contributed by atoms with van der Waals surface area (Å²) in [6, 6.07) is 0. The Morgan fingerprint density at radius 2 is 0.919 bits per heavy atom. The minimum absolute atomic E-state index is 0.243. The number of rotatable bonds is 30. The fraction of sp³-hybridized carbons (Fsp3) is 1.00. The molecule has 0 saturated carbocycles. The second kappa shape index (κ2) is 27.8. The number of quaternary nitrogens is 1. The Balaban J connectivity index is 3.28. The van der Waals surface area contributed by atoms with Crippen LogP contribution in [-0.2, 0) is 9.05 Å². The molecule has 224 valence electrons. The molecule has 0 aliphatic heterocycles. The lowest BCUT2D eigenvalue weighted by molar-refractivity contribution is -0.870. The Kier molecular flexibility index (Phi) is 28.0. The van der Waals surface area contributed by atoms with Crippen molar-refractivity contribution in [1.82, 2.24) is 0 Å². The molecule has 2 N–H and O–H groups in total. The summed E-state index contributed by atoms with van der Waals surface area (Å²) in [6.45, 7) is 4.51. The molecule has 0 spiro atoms. The van der Waals surface area contributed by atoms with Gasteiger partial charge >= 0.3 is 8.60 Å². The minimum atomic E-state index is -1.77. The van der Waals surface area contributed by atoms with Crippen molar-refractivity contribution in [1.29, 1.82) is 0 Å². The second-order valence-electron chi connectivity index (χ2n) is 12.2. The van der Waals surface area contributed by atoms with E-state index in [-0.39, 0.29) is 6.10 Å². The van der Waals surface area contributed by atoms with Gasteiger partial charge in [-0.05, 0) is 38.5 Å². The number of hydrogen-bond donors (Lipinski definition) is 2. The standard InChI is InChI=1S/C31H67NO4P/c1-5-6-7-8-9-10-11-12-13-14-15-16-17-18-19-22-26-31(33)27-25-30-36-37(34)35-29-24-21-20-23-28-32(2,3)4/h31,33-34H,5-30H2,1-4H3/q+1. The summed E-state index contributed by atoms with van der Waals surface area (Å²) in [6.07, 6.45) is 28.7. The van der Waals surface area contributed by atoms with Gasteiger partial charge in [-0.25, -0.2) is 0 Å². The van der Waals surface area contributed by atoms with Gasteiger partial charge in [0, 0.05) is 0 Å². The van der Waals surface area contributed by atoms with E-state index in [1.807, 2.05) is 0 Å². The van der Waals surface area contributed by atoms with E-state index in [4.69, 9.17) is 9.05 Å². The monoisotopic (exact) mass is 548 g/mol. The zero-order valence-electron chi connectivity index (χ0n) is 25.6. The van der Waals surface area contributed by atoms with Crippen molar-refractivity contribution in [2.24, 2.45) is 0 Å². The summed E-state index contributed by atoms with van der Waals surface area (Å²) in [7, 11) is 4.90. The van der Waals surface area contributed by atoms with E-state index in [0.717, 1.165) is 43.0 Å². The van der Waals surface area contributed by atoms with E-state index >= 15 is 0 Å². The van der Waals surface area contributed by atoms with E-state index in [9.17, 15) is 10.00 Å². The van der Waals surface area contributed by atoms with E-state index in [1.165, 1.54) is 116 Å². The van der Waals surface area contributed by atoms with Crippen LogP contribution in [0.1, 0.15) is 155 Å². The van der Waals surface area contributed by atoms with Crippen LogP contribution in [0.2, 0.25) is 0 Å². The molecule has 0 fully saturated rings. The number of nitrogens with zero attached hydrogens (tertiary/aromatic N) is 1. The van der Waals surface area contributed by atoms with Crippen LogP contribution in [0.15, 0.2) is 0 Å². The van der Waals surface area contributed by atoms with Gasteiger partial charge < -0.3 is 23.5 Å². The van der Waals surface area contributed by atoms with E-state index in [0.29, 0.717) is 13.2 Å². The normalized spacial score (nSPS) is 13.8. The molecule has 0 aliphatic carbocycles. The van der Waals surface area contributed by atoms with Crippen LogP contribution in [0, 0.1) is 0 Å². The highest BCUT2D eigenvalue weighted by molar-refractivity contribution is 7.40. The Bertz CT molecular complexity index is 447. The Morgan fingerprint density at radius 1 is 0.541 bits per heavy atom. The SMILES string of the molecule is CCCCCCCCCCCCCCCCCCC(O)CCCOP(O)OCCCCCC[N+](C)(C)C. The molecule has 0 aromatic heterocycles. The molecule has 5 nitrogen and oxygen atoms in total. The maximum absolute atomic E-state index is 10.2. The number of unbranched alkanes of at least 4 members (excludes halogenated alkanes) is 18. The molecule has 0 aromatic carbocycles. The average Bonchev–Trinajstić information content (AvgIpc) is 2.85. The number of aliphatic hydroxyl groups excluding tert-OH is 1. The van der Waals surface area contributed by atoms with Crippen molar-refractivity contribution in [3.05, 3.63) is 0 Å². The predicted octanol–water partition coefficient (Wildman–Crippen LogP) is 9.30. The van der Waals surface area contributed by atoms with Crippen LogP contribution in [0.4, 0.5) is 0 Å². The molecular weight excluding hydrogens is 481 g/mol. The van der Waals surface area contributed by atoms with Crippen molar-refractivity contribution in [2.45, 2.75) is 161 Å². The largest absolute Gasteiger partial charge is 0.393 e. The molecule has 0 saturated heterocycles. The minimum Gasteiger partial charge on any atom is -0.393 e. The van der Waals surface area contributed by atoms with E-state index in [1.54, 1.807) is 0 Å². The van der Waals surface area contributed by atoms with Gasteiger partial charge in [0.25, 0.3) is 0 Å². The van der Waals surface area contributed by atoms with Crippen LogP contribution in [0.3, 0.4) is 0 Å². The predicted molar refractivity (Wildman–Crippen MR) is 162 cm³/mol. The van der Waals surface area contributed by atoms with Crippen LogP contribution < -0.4 is 0 Å². The quantitative estimate of drug-likeness (QED) is 0.0533. The summed E-state index contributed by atoms with van der Waals surface area (Å²) in [5.74, 6) is 0. The van der Waals surface area contributed by atoms with Crippen molar-refractivity contribution in [2.75, 3.05) is 40.9 Å². The van der Waals surface area contributed by atoms with Crippen LogP contribution in [0.5, 0.6) is 0 Å². The van der Waals surface area contributed by atoms with E-state index in [2.05, 4.69) is 28.1 Å². The van der Waals surface area contributed by atoms with Gasteiger partial charge in [0.1, 0.15) is 0 Å². The number of hydrogen-bond acceptors (Lipinski definition) is 4. The zero-order valence-corrected chi connectivity index (χ0v) is 26.5. The maximum atomic E-state index is 10.2. The van der Waals surface area contributed by atoms with E-state index < -0.39 is 8.60 Å². The molecule has 0 amide bonds. The maximum Gasteiger partial charge on any atom is 0.329 e. The van der Waals surface area contributed by atoms with Crippen LogP contribution in [-0.4, -0.2) is 61.5 Å².